The molecule has 0 bridgehead atoms. The van der Waals surface area contributed by atoms with Crippen molar-refractivity contribution in [3.05, 3.63) is 39.5 Å². The SMILES string of the molecule is COc1cccc(OC)c1OCCNCc1ccc(Cl)s1. The number of benzene rings is 1. The van der Waals surface area contributed by atoms with E-state index in [2.05, 4.69) is 5.32 Å². The van der Waals surface area contributed by atoms with Crippen LogP contribution in [0.4, 0.5) is 0 Å². The third kappa shape index (κ3) is 4.52. The molecule has 0 aliphatic rings. The van der Waals surface area contributed by atoms with Gasteiger partial charge in [0, 0.05) is 18.0 Å². The molecule has 0 spiro atoms. The first kappa shape index (κ1) is 15.9. The van der Waals surface area contributed by atoms with E-state index in [1.807, 2.05) is 30.3 Å². The van der Waals surface area contributed by atoms with E-state index in [0.29, 0.717) is 23.9 Å². The average Bonchev–Trinajstić information content (AvgIpc) is 2.92. The molecule has 114 valence electrons. The van der Waals surface area contributed by atoms with Crippen LogP contribution in [0.2, 0.25) is 4.34 Å². The smallest absolute Gasteiger partial charge is 0.203 e. The molecule has 0 amide bonds. The van der Waals surface area contributed by atoms with Crippen LogP contribution in [0.15, 0.2) is 30.3 Å². The summed E-state index contributed by atoms with van der Waals surface area (Å²) < 4.78 is 17.1. The van der Waals surface area contributed by atoms with Crippen LogP contribution in [-0.4, -0.2) is 27.4 Å². The quantitative estimate of drug-likeness (QED) is 0.752. The molecule has 1 heterocycles. The molecule has 0 radical (unpaired) electrons. The summed E-state index contributed by atoms with van der Waals surface area (Å²) in [6.07, 6.45) is 0. The minimum Gasteiger partial charge on any atom is -0.493 e. The van der Waals surface area contributed by atoms with E-state index >= 15 is 0 Å². The molecule has 0 atom stereocenters. The summed E-state index contributed by atoms with van der Waals surface area (Å²) >= 11 is 7.46. The lowest BCUT2D eigenvalue weighted by molar-refractivity contribution is 0.273. The third-order valence-corrected chi connectivity index (χ3v) is 4.07. The highest BCUT2D eigenvalue weighted by molar-refractivity contribution is 7.16. The van der Waals surface area contributed by atoms with Gasteiger partial charge in [-0.2, -0.15) is 0 Å². The molecule has 1 aromatic heterocycles. The fraction of sp³-hybridized carbons (Fsp3) is 0.333. The molecule has 1 N–H and O–H groups in total. The summed E-state index contributed by atoms with van der Waals surface area (Å²) in [6.45, 7) is 2.02. The Balaban J connectivity index is 1.80. The van der Waals surface area contributed by atoms with Crippen LogP contribution in [-0.2, 0) is 6.54 Å². The van der Waals surface area contributed by atoms with Gasteiger partial charge in [0.2, 0.25) is 5.75 Å². The number of nitrogens with one attached hydrogen (secondary N) is 1. The highest BCUT2D eigenvalue weighted by atomic mass is 35.5. The molecule has 21 heavy (non-hydrogen) atoms. The second-order valence-electron chi connectivity index (χ2n) is 4.22. The van der Waals surface area contributed by atoms with Crippen molar-refractivity contribution in [2.75, 3.05) is 27.4 Å². The molecule has 0 saturated heterocycles. The maximum Gasteiger partial charge on any atom is 0.203 e. The Morgan fingerprint density at radius 3 is 2.38 bits per heavy atom. The van der Waals surface area contributed by atoms with Crippen molar-refractivity contribution >= 4 is 22.9 Å². The molecule has 4 nitrogen and oxygen atoms in total. The van der Waals surface area contributed by atoms with Crippen molar-refractivity contribution in [3.63, 3.8) is 0 Å². The second kappa shape index (κ2) is 8.12. The Labute approximate surface area is 133 Å². The zero-order chi connectivity index (χ0) is 15.1. The summed E-state index contributed by atoms with van der Waals surface area (Å²) in [5.74, 6) is 1.96. The number of methoxy groups -OCH3 is 2. The van der Waals surface area contributed by atoms with Gasteiger partial charge in [-0.3, -0.25) is 0 Å². The molecule has 0 aliphatic heterocycles. The van der Waals surface area contributed by atoms with Crippen molar-refractivity contribution in [3.8, 4) is 17.2 Å². The minimum absolute atomic E-state index is 0.524. The summed E-state index contributed by atoms with van der Waals surface area (Å²) in [5, 5.41) is 3.31. The minimum atomic E-state index is 0.524. The molecule has 2 aromatic rings. The predicted molar refractivity (Wildman–Crippen MR) is 86.1 cm³/mol. The molecular formula is C15H18ClNO3S. The van der Waals surface area contributed by atoms with E-state index in [1.54, 1.807) is 25.6 Å². The van der Waals surface area contributed by atoms with Crippen molar-refractivity contribution in [1.29, 1.82) is 0 Å². The van der Waals surface area contributed by atoms with Gasteiger partial charge < -0.3 is 19.5 Å². The first-order valence-corrected chi connectivity index (χ1v) is 7.72. The van der Waals surface area contributed by atoms with Crippen LogP contribution in [0.3, 0.4) is 0 Å². The maximum absolute atomic E-state index is 5.89. The Hall–Kier alpha value is -1.43. The average molecular weight is 328 g/mol. The monoisotopic (exact) mass is 327 g/mol. The van der Waals surface area contributed by atoms with E-state index in [9.17, 15) is 0 Å². The third-order valence-electron chi connectivity index (χ3n) is 2.84. The number of rotatable bonds is 8. The lowest BCUT2D eigenvalue weighted by Gasteiger charge is -2.14. The van der Waals surface area contributed by atoms with Crippen LogP contribution in [0, 0.1) is 0 Å². The Morgan fingerprint density at radius 1 is 1.10 bits per heavy atom. The Kier molecular flexibility index (Phi) is 6.17. The fourth-order valence-corrected chi connectivity index (χ4v) is 2.90. The first-order chi connectivity index (χ1) is 10.2. The molecule has 0 unspecified atom stereocenters. The van der Waals surface area contributed by atoms with Crippen molar-refractivity contribution < 1.29 is 14.2 Å². The zero-order valence-electron chi connectivity index (χ0n) is 12.0. The normalized spacial score (nSPS) is 10.4. The van der Waals surface area contributed by atoms with E-state index in [4.69, 9.17) is 25.8 Å². The molecule has 0 aliphatic carbocycles. The number of thiophene rings is 1. The van der Waals surface area contributed by atoms with Crippen LogP contribution in [0.1, 0.15) is 4.88 Å². The lowest BCUT2D eigenvalue weighted by atomic mass is 10.3. The standard InChI is InChI=1S/C15H18ClNO3S/c1-18-12-4-3-5-13(19-2)15(12)20-9-8-17-10-11-6-7-14(16)21-11/h3-7,17H,8-10H2,1-2H3. The van der Waals surface area contributed by atoms with Gasteiger partial charge >= 0.3 is 0 Å². The molecule has 1 aromatic carbocycles. The Bertz CT molecular complexity index is 552. The zero-order valence-corrected chi connectivity index (χ0v) is 13.6. The van der Waals surface area contributed by atoms with Gasteiger partial charge in [-0.15, -0.1) is 11.3 Å². The molecule has 6 heteroatoms. The van der Waals surface area contributed by atoms with E-state index < -0.39 is 0 Å². The maximum atomic E-state index is 5.89. The van der Waals surface area contributed by atoms with E-state index in [0.717, 1.165) is 17.4 Å². The largest absolute Gasteiger partial charge is 0.493 e. The second-order valence-corrected chi connectivity index (χ2v) is 6.02. The highest BCUT2D eigenvalue weighted by Gasteiger charge is 2.10. The van der Waals surface area contributed by atoms with Crippen molar-refractivity contribution in [2.24, 2.45) is 0 Å². The van der Waals surface area contributed by atoms with Crippen molar-refractivity contribution in [1.82, 2.24) is 5.32 Å². The number of halogens is 1. The molecule has 2 rings (SSSR count). The van der Waals surface area contributed by atoms with E-state index in [-0.39, 0.29) is 0 Å². The number of ether oxygens (including phenoxy) is 3. The molecular weight excluding hydrogens is 310 g/mol. The lowest BCUT2D eigenvalue weighted by Crippen LogP contribution is -2.20. The highest BCUT2D eigenvalue weighted by Crippen LogP contribution is 2.36. The summed E-state index contributed by atoms with van der Waals surface area (Å²) in [7, 11) is 3.22. The number of hydrogen-bond acceptors (Lipinski definition) is 5. The van der Waals surface area contributed by atoms with Crippen LogP contribution >= 0.6 is 22.9 Å². The van der Waals surface area contributed by atoms with E-state index in [1.165, 1.54) is 4.88 Å². The summed E-state index contributed by atoms with van der Waals surface area (Å²) in [4.78, 5) is 1.20. The predicted octanol–water partition coefficient (Wildman–Crippen LogP) is 3.59. The van der Waals surface area contributed by atoms with Gasteiger partial charge in [0.05, 0.1) is 18.6 Å². The molecule has 0 fully saturated rings. The van der Waals surface area contributed by atoms with Crippen LogP contribution in [0.5, 0.6) is 17.2 Å². The summed E-state index contributed by atoms with van der Waals surface area (Å²) in [6, 6.07) is 9.48. The van der Waals surface area contributed by atoms with Gasteiger partial charge in [-0.25, -0.2) is 0 Å². The fourth-order valence-electron chi connectivity index (χ4n) is 1.84. The van der Waals surface area contributed by atoms with Gasteiger partial charge in [0.1, 0.15) is 6.61 Å². The van der Waals surface area contributed by atoms with Crippen LogP contribution in [0.25, 0.3) is 0 Å². The van der Waals surface area contributed by atoms with Crippen LogP contribution < -0.4 is 19.5 Å². The van der Waals surface area contributed by atoms with Gasteiger partial charge in [0.15, 0.2) is 11.5 Å². The van der Waals surface area contributed by atoms with Crippen molar-refractivity contribution in [2.45, 2.75) is 6.54 Å². The number of hydrogen-bond donors (Lipinski definition) is 1. The Morgan fingerprint density at radius 2 is 1.81 bits per heavy atom. The summed E-state index contributed by atoms with van der Waals surface area (Å²) in [5.41, 5.74) is 0. The topological polar surface area (TPSA) is 39.7 Å². The first-order valence-electron chi connectivity index (χ1n) is 6.53. The molecule has 0 saturated carbocycles. The van der Waals surface area contributed by atoms with Gasteiger partial charge in [0.25, 0.3) is 0 Å². The number of para-hydroxylation sites is 1. The van der Waals surface area contributed by atoms with Gasteiger partial charge in [-0.05, 0) is 24.3 Å². The van der Waals surface area contributed by atoms with Gasteiger partial charge in [-0.1, -0.05) is 17.7 Å².